The van der Waals surface area contributed by atoms with Crippen LogP contribution in [0.2, 0.25) is 0 Å². The largest absolute Gasteiger partial charge is 0.468 e. The van der Waals surface area contributed by atoms with Crippen LogP contribution in [0.25, 0.3) is 0 Å². The number of rotatable bonds is 7. The molecular weight excluding hydrogens is 280 g/mol. The minimum atomic E-state index is -0.745. The number of ether oxygens (including phenoxy) is 1. The molecule has 8 heteroatoms. The minimum Gasteiger partial charge on any atom is -0.468 e. The SMILES string of the molecule is COC(=O)C(C)(CCSc1n[nH]c(=O)n1C)NC(C)C. The molecule has 0 aliphatic carbocycles. The number of esters is 1. The molecule has 0 aliphatic rings. The van der Waals surface area contributed by atoms with Crippen molar-refractivity contribution in [2.75, 3.05) is 12.9 Å². The Labute approximate surface area is 122 Å². The van der Waals surface area contributed by atoms with Crippen molar-refractivity contribution in [1.82, 2.24) is 20.1 Å². The minimum absolute atomic E-state index is 0.166. The number of methoxy groups -OCH3 is 1. The van der Waals surface area contributed by atoms with Gasteiger partial charge < -0.3 is 4.74 Å². The normalized spacial score (nSPS) is 14.3. The standard InChI is InChI=1S/C12H22N4O3S/c1-8(2)13-12(3,9(17)19-5)6-7-20-11-15-14-10(18)16(11)4/h8,13H,6-7H2,1-5H3,(H,14,18). The van der Waals surface area contributed by atoms with Crippen molar-refractivity contribution in [3.8, 4) is 0 Å². The number of nitrogens with zero attached hydrogens (tertiary/aromatic N) is 2. The number of carbonyl (C=O) groups excluding carboxylic acids is 1. The van der Waals surface area contributed by atoms with Crippen LogP contribution in [-0.4, -0.2) is 45.2 Å². The second-order valence-electron chi connectivity index (χ2n) is 5.09. The summed E-state index contributed by atoms with van der Waals surface area (Å²) in [7, 11) is 3.03. The van der Waals surface area contributed by atoms with E-state index in [0.717, 1.165) is 0 Å². The Morgan fingerprint density at radius 3 is 2.70 bits per heavy atom. The van der Waals surface area contributed by atoms with E-state index in [-0.39, 0.29) is 17.7 Å². The highest BCUT2D eigenvalue weighted by Gasteiger charge is 2.34. The Morgan fingerprint density at radius 1 is 1.60 bits per heavy atom. The topological polar surface area (TPSA) is 89.0 Å². The fourth-order valence-electron chi connectivity index (χ4n) is 1.90. The zero-order valence-electron chi connectivity index (χ0n) is 12.5. The summed E-state index contributed by atoms with van der Waals surface area (Å²) in [6.45, 7) is 5.78. The van der Waals surface area contributed by atoms with Gasteiger partial charge in [0.05, 0.1) is 7.11 Å². The maximum Gasteiger partial charge on any atom is 0.343 e. The molecule has 0 saturated heterocycles. The Morgan fingerprint density at radius 2 is 2.25 bits per heavy atom. The van der Waals surface area contributed by atoms with Crippen molar-refractivity contribution in [3.05, 3.63) is 10.5 Å². The van der Waals surface area contributed by atoms with Crippen LogP contribution in [0.3, 0.4) is 0 Å². The van der Waals surface area contributed by atoms with E-state index in [0.29, 0.717) is 17.3 Å². The molecule has 1 rings (SSSR count). The van der Waals surface area contributed by atoms with Crippen LogP contribution in [-0.2, 0) is 16.6 Å². The van der Waals surface area contributed by atoms with Gasteiger partial charge in [0.15, 0.2) is 5.16 Å². The van der Waals surface area contributed by atoms with Crippen molar-refractivity contribution < 1.29 is 9.53 Å². The maximum atomic E-state index is 11.9. The molecule has 0 fully saturated rings. The molecule has 0 aliphatic heterocycles. The van der Waals surface area contributed by atoms with Crippen LogP contribution < -0.4 is 11.0 Å². The van der Waals surface area contributed by atoms with E-state index in [1.807, 2.05) is 20.8 Å². The molecular formula is C12H22N4O3S. The number of hydrogen-bond donors (Lipinski definition) is 2. The molecule has 7 nitrogen and oxygen atoms in total. The van der Waals surface area contributed by atoms with E-state index < -0.39 is 5.54 Å². The van der Waals surface area contributed by atoms with Gasteiger partial charge in [-0.2, -0.15) is 0 Å². The second kappa shape index (κ2) is 6.94. The van der Waals surface area contributed by atoms with E-state index >= 15 is 0 Å². The van der Waals surface area contributed by atoms with Gasteiger partial charge in [0.25, 0.3) is 0 Å². The Balaban J connectivity index is 2.65. The van der Waals surface area contributed by atoms with Crippen LogP contribution in [0.15, 0.2) is 9.95 Å². The first kappa shape index (κ1) is 16.8. The van der Waals surface area contributed by atoms with E-state index in [4.69, 9.17) is 4.74 Å². The molecule has 114 valence electrons. The fraction of sp³-hybridized carbons (Fsp3) is 0.750. The zero-order valence-corrected chi connectivity index (χ0v) is 13.3. The summed E-state index contributed by atoms with van der Waals surface area (Å²) >= 11 is 1.42. The van der Waals surface area contributed by atoms with Gasteiger partial charge in [-0.05, 0) is 27.2 Å². The van der Waals surface area contributed by atoms with Gasteiger partial charge in [-0.3, -0.25) is 14.7 Å². The number of nitrogens with one attached hydrogen (secondary N) is 2. The number of carbonyl (C=O) groups is 1. The van der Waals surface area contributed by atoms with E-state index in [1.54, 1.807) is 7.05 Å². The summed E-state index contributed by atoms with van der Waals surface area (Å²) in [5, 5.41) is 10.1. The van der Waals surface area contributed by atoms with Crippen molar-refractivity contribution in [2.24, 2.45) is 7.05 Å². The lowest BCUT2D eigenvalue weighted by Crippen LogP contribution is -2.53. The van der Waals surface area contributed by atoms with Crippen LogP contribution in [0.1, 0.15) is 27.2 Å². The molecule has 0 amide bonds. The van der Waals surface area contributed by atoms with Gasteiger partial charge in [0.1, 0.15) is 5.54 Å². The average molecular weight is 302 g/mol. The Bertz CT molecular complexity index is 511. The highest BCUT2D eigenvalue weighted by atomic mass is 32.2. The van der Waals surface area contributed by atoms with Crippen LogP contribution in [0, 0.1) is 0 Å². The highest BCUT2D eigenvalue weighted by molar-refractivity contribution is 7.99. The predicted molar refractivity (Wildman–Crippen MR) is 77.9 cm³/mol. The van der Waals surface area contributed by atoms with E-state index in [2.05, 4.69) is 15.5 Å². The van der Waals surface area contributed by atoms with Crippen molar-refractivity contribution >= 4 is 17.7 Å². The predicted octanol–water partition coefficient (Wildman–Crippen LogP) is 0.520. The molecule has 0 saturated carbocycles. The summed E-state index contributed by atoms with van der Waals surface area (Å²) < 4.78 is 6.30. The maximum absolute atomic E-state index is 11.9. The van der Waals surface area contributed by atoms with Gasteiger partial charge in [-0.1, -0.05) is 11.8 Å². The monoisotopic (exact) mass is 302 g/mol. The molecule has 1 aromatic rings. The molecule has 0 radical (unpaired) electrons. The van der Waals surface area contributed by atoms with E-state index in [1.165, 1.54) is 23.4 Å². The molecule has 1 unspecified atom stereocenters. The van der Waals surface area contributed by atoms with Gasteiger partial charge in [-0.15, -0.1) is 5.10 Å². The van der Waals surface area contributed by atoms with Gasteiger partial charge >= 0.3 is 11.7 Å². The molecule has 1 aromatic heterocycles. The van der Waals surface area contributed by atoms with Gasteiger partial charge in [0, 0.05) is 18.8 Å². The molecule has 2 N–H and O–H groups in total. The average Bonchev–Trinajstić information content (AvgIpc) is 2.68. The number of thioether (sulfide) groups is 1. The fourth-order valence-corrected chi connectivity index (χ4v) is 2.98. The first-order valence-corrected chi connectivity index (χ1v) is 7.39. The van der Waals surface area contributed by atoms with Crippen molar-refractivity contribution in [2.45, 2.75) is 43.9 Å². The molecule has 20 heavy (non-hydrogen) atoms. The summed E-state index contributed by atoms with van der Waals surface area (Å²) in [6.07, 6.45) is 0.573. The third-order valence-corrected chi connectivity index (χ3v) is 3.95. The second-order valence-corrected chi connectivity index (χ2v) is 6.15. The number of aromatic amines is 1. The lowest BCUT2D eigenvalue weighted by atomic mass is 9.98. The van der Waals surface area contributed by atoms with Crippen LogP contribution in [0.4, 0.5) is 0 Å². The van der Waals surface area contributed by atoms with Gasteiger partial charge in [-0.25, -0.2) is 9.89 Å². The quantitative estimate of drug-likeness (QED) is 0.564. The summed E-state index contributed by atoms with van der Waals surface area (Å²) in [5.41, 5.74) is -0.992. The molecule has 1 atom stereocenters. The Kier molecular flexibility index (Phi) is 5.82. The lowest BCUT2D eigenvalue weighted by molar-refractivity contribution is -0.148. The number of aromatic nitrogens is 3. The first-order chi connectivity index (χ1) is 9.30. The lowest BCUT2D eigenvalue weighted by Gasteiger charge is -2.30. The number of H-pyrrole nitrogens is 1. The third-order valence-electron chi connectivity index (χ3n) is 2.92. The van der Waals surface area contributed by atoms with Crippen molar-refractivity contribution in [1.29, 1.82) is 0 Å². The van der Waals surface area contributed by atoms with Gasteiger partial charge in [0.2, 0.25) is 0 Å². The third kappa shape index (κ3) is 4.11. The molecule has 0 aromatic carbocycles. The summed E-state index contributed by atoms with van der Waals surface area (Å²) in [5.74, 6) is 0.353. The van der Waals surface area contributed by atoms with Crippen LogP contribution in [0.5, 0.6) is 0 Å². The van der Waals surface area contributed by atoms with Crippen LogP contribution >= 0.6 is 11.8 Å². The van der Waals surface area contributed by atoms with E-state index in [9.17, 15) is 9.59 Å². The molecule has 0 spiro atoms. The number of hydrogen-bond acceptors (Lipinski definition) is 6. The van der Waals surface area contributed by atoms with Crippen molar-refractivity contribution in [3.63, 3.8) is 0 Å². The highest BCUT2D eigenvalue weighted by Crippen LogP contribution is 2.20. The molecule has 1 heterocycles. The smallest absolute Gasteiger partial charge is 0.343 e. The first-order valence-electron chi connectivity index (χ1n) is 6.40. The summed E-state index contributed by atoms with van der Waals surface area (Å²) in [6, 6.07) is 0.166. The zero-order chi connectivity index (χ0) is 15.3. The Hall–Kier alpha value is -1.28. The summed E-state index contributed by atoms with van der Waals surface area (Å²) in [4.78, 5) is 23.2. The molecule has 0 bridgehead atoms.